The number of carbonyl (C=O) groups is 3. The molecule has 2 heterocycles. The smallest absolute Gasteiger partial charge is 0.311 e. The Labute approximate surface area is 127 Å². The molecule has 1 aromatic heterocycles. The maximum absolute atomic E-state index is 11.8. The van der Waals surface area contributed by atoms with Crippen LogP contribution in [0.3, 0.4) is 0 Å². The van der Waals surface area contributed by atoms with Gasteiger partial charge in [0.25, 0.3) is 5.56 Å². The standard InChI is InChI=1S/C11H11N5O5S/c1-15-5(3-7(18)16(2)11(15)21)12-6(17)4-22-10-13-8(19)9(20)14-10/h3H,4H2,1-2H3,(H,12,17)(H,13,14,19,20). The average Bonchev–Trinajstić information content (AvgIpc) is 2.79. The largest absolute Gasteiger partial charge is 0.337 e. The number of aromatic nitrogens is 2. The maximum Gasteiger partial charge on any atom is 0.337 e. The highest BCUT2D eigenvalue weighted by molar-refractivity contribution is 8.14. The zero-order chi connectivity index (χ0) is 16.4. The first-order valence-electron chi connectivity index (χ1n) is 5.93. The predicted octanol–water partition coefficient (Wildman–Crippen LogP) is -2.23. The van der Waals surface area contributed by atoms with Gasteiger partial charge in [0.15, 0.2) is 5.17 Å². The van der Waals surface area contributed by atoms with Gasteiger partial charge in [-0.2, -0.15) is 4.99 Å². The van der Waals surface area contributed by atoms with Crippen LogP contribution >= 0.6 is 11.8 Å². The third kappa shape index (κ3) is 3.14. The van der Waals surface area contributed by atoms with Crippen LogP contribution in [0.15, 0.2) is 20.6 Å². The van der Waals surface area contributed by atoms with Gasteiger partial charge in [0.1, 0.15) is 5.82 Å². The van der Waals surface area contributed by atoms with Crippen LogP contribution in [0.5, 0.6) is 0 Å². The molecule has 11 heteroatoms. The van der Waals surface area contributed by atoms with Crippen molar-refractivity contribution in [2.45, 2.75) is 0 Å². The van der Waals surface area contributed by atoms with Crippen molar-refractivity contribution >= 4 is 40.5 Å². The second kappa shape index (κ2) is 5.97. The molecule has 0 saturated heterocycles. The summed E-state index contributed by atoms with van der Waals surface area (Å²) in [4.78, 5) is 60.2. The fraction of sp³-hybridized carbons (Fsp3) is 0.273. The van der Waals surface area contributed by atoms with E-state index in [-0.39, 0.29) is 16.7 Å². The number of amides is 3. The van der Waals surface area contributed by atoms with Crippen molar-refractivity contribution in [1.82, 2.24) is 14.5 Å². The Morgan fingerprint density at radius 1 is 1.27 bits per heavy atom. The molecule has 0 unspecified atom stereocenters. The van der Waals surface area contributed by atoms with Gasteiger partial charge in [-0.1, -0.05) is 11.8 Å². The lowest BCUT2D eigenvalue weighted by Gasteiger charge is -2.10. The highest BCUT2D eigenvalue weighted by atomic mass is 32.2. The summed E-state index contributed by atoms with van der Waals surface area (Å²) in [7, 11) is 2.73. The Kier molecular flexibility index (Phi) is 4.26. The van der Waals surface area contributed by atoms with E-state index in [1.165, 1.54) is 14.1 Å². The lowest BCUT2D eigenvalue weighted by atomic mass is 10.5. The number of rotatable bonds is 3. The molecule has 0 aliphatic carbocycles. The van der Waals surface area contributed by atoms with Gasteiger partial charge in [-0.25, -0.2) is 4.79 Å². The topological polar surface area (TPSA) is 132 Å². The second-order valence-electron chi connectivity index (χ2n) is 4.28. The zero-order valence-electron chi connectivity index (χ0n) is 11.6. The van der Waals surface area contributed by atoms with Crippen LogP contribution in [0, 0.1) is 0 Å². The van der Waals surface area contributed by atoms with Gasteiger partial charge in [0.05, 0.1) is 5.75 Å². The van der Waals surface area contributed by atoms with Gasteiger partial charge < -0.3 is 5.32 Å². The maximum atomic E-state index is 11.8. The molecule has 0 radical (unpaired) electrons. The third-order valence-corrected chi connectivity index (χ3v) is 3.62. The first-order valence-corrected chi connectivity index (χ1v) is 6.92. The van der Waals surface area contributed by atoms with Crippen molar-refractivity contribution in [2.75, 3.05) is 11.1 Å². The fourth-order valence-electron chi connectivity index (χ4n) is 1.56. The molecule has 1 aromatic rings. The molecule has 2 N–H and O–H groups in total. The highest BCUT2D eigenvalue weighted by Crippen LogP contribution is 2.08. The number of anilines is 1. The van der Waals surface area contributed by atoms with Crippen LogP contribution in [-0.2, 0) is 28.5 Å². The first-order chi connectivity index (χ1) is 10.3. The first kappa shape index (κ1) is 15.7. The van der Waals surface area contributed by atoms with Crippen molar-refractivity contribution in [2.24, 2.45) is 19.1 Å². The van der Waals surface area contributed by atoms with Crippen LogP contribution in [0.1, 0.15) is 0 Å². The van der Waals surface area contributed by atoms with Crippen LogP contribution in [0.2, 0.25) is 0 Å². The average molecular weight is 325 g/mol. The predicted molar refractivity (Wildman–Crippen MR) is 78.6 cm³/mol. The van der Waals surface area contributed by atoms with E-state index < -0.39 is 29.0 Å². The molecule has 3 amide bonds. The molecule has 0 fully saturated rings. The van der Waals surface area contributed by atoms with Gasteiger partial charge in [-0.15, -0.1) is 0 Å². The molecule has 0 spiro atoms. The molecule has 1 aliphatic heterocycles. The van der Waals surface area contributed by atoms with Crippen LogP contribution in [-0.4, -0.2) is 37.8 Å². The summed E-state index contributed by atoms with van der Waals surface area (Å²) in [6.45, 7) is 0. The molecule has 2 rings (SSSR count). The van der Waals surface area contributed by atoms with Crippen LogP contribution in [0.4, 0.5) is 5.82 Å². The number of hydrogen-bond donors (Lipinski definition) is 2. The molecule has 0 atom stereocenters. The molecule has 0 aromatic carbocycles. The lowest BCUT2D eigenvalue weighted by Crippen LogP contribution is -2.38. The fourth-order valence-corrected chi connectivity index (χ4v) is 2.21. The Bertz CT molecular complexity index is 821. The third-order valence-electron chi connectivity index (χ3n) is 2.75. The lowest BCUT2D eigenvalue weighted by molar-refractivity contribution is -0.135. The number of nitrogens with zero attached hydrogens (tertiary/aromatic N) is 3. The summed E-state index contributed by atoms with van der Waals surface area (Å²) in [6, 6.07) is 1.11. The molecule has 10 nitrogen and oxygen atoms in total. The molecule has 22 heavy (non-hydrogen) atoms. The quantitative estimate of drug-likeness (QED) is 0.605. The Balaban J connectivity index is 2.03. The number of nitrogens with one attached hydrogen (secondary N) is 2. The summed E-state index contributed by atoms with van der Waals surface area (Å²) in [5, 5.41) is 4.63. The normalized spacial score (nSPS) is 13.8. The van der Waals surface area contributed by atoms with E-state index in [1.54, 1.807) is 0 Å². The number of carbonyl (C=O) groups excluding carboxylic acids is 3. The summed E-state index contributed by atoms with van der Waals surface area (Å²) >= 11 is 0.851. The SMILES string of the molecule is Cn1c(NC(=O)CSC2=NC(=O)C(=O)N2)cc(=O)n(C)c1=O. The van der Waals surface area contributed by atoms with Crippen LogP contribution < -0.4 is 21.9 Å². The van der Waals surface area contributed by atoms with Crippen molar-refractivity contribution in [3.8, 4) is 0 Å². The Hall–Kier alpha value is -2.69. The van der Waals surface area contributed by atoms with E-state index in [0.29, 0.717) is 0 Å². The minimum Gasteiger partial charge on any atom is -0.311 e. The highest BCUT2D eigenvalue weighted by Gasteiger charge is 2.24. The summed E-state index contributed by atoms with van der Waals surface area (Å²) < 4.78 is 2.02. The number of amidine groups is 1. The molecule has 116 valence electrons. The van der Waals surface area contributed by atoms with E-state index in [4.69, 9.17) is 0 Å². The monoisotopic (exact) mass is 325 g/mol. The molecule has 1 aliphatic rings. The molecular weight excluding hydrogens is 314 g/mol. The van der Waals surface area contributed by atoms with E-state index in [1.807, 2.05) is 0 Å². The molecule has 0 saturated carbocycles. The van der Waals surface area contributed by atoms with Crippen molar-refractivity contribution < 1.29 is 14.4 Å². The minimum atomic E-state index is -0.920. The van der Waals surface area contributed by atoms with Crippen molar-refractivity contribution in [3.63, 3.8) is 0 Å². The number of hydrogen-bond acceptors (Lipinski definition) is 6. The molecule has 0 bridgehead atoms. The van der Waals surface area contributed by atoms with Crippen molar-refractivity contribution in [3.05, 3.63) is 26.9 Å². The Morgan fingerprint density at radius 2 is 1.95 bits per heavy atom. The molecular formula is C11H11N5O5S. The Morgan fingerprint density at radius 3 is 2.55 bits per heavy atom. The van der Waals surface area contributed by atoms with Crippen molar-refractivity contribution in [1.29, 1.82) is 0 Å². The van der Waals surface area contributed by atoms with E-state index >= 15 is 0 Å². The van der Waals surface area contributed by atoms with Gasteiger partial charge in [0, 0.05) is 20.2 Å². The zero-order valence-corrected chi connectivity index (χ0v) is 12.4. The summed E-state index contributed by atoms with van der Waals surface area (Å²) in [5.41, 5.74) is -1.13. The minimum absolute atomic E-state index is 0.0306. The van der Waals surface area contributed by atoms with E-state index in [9.17, 15) is 24.0 Å². The van der Waals surface area contributed by atoms with Crippen LogP contribution in [0.25, 0.3) is 0 Å². The van der Waals surface area contributed by atoms with Gasteiger partial charge >= 0.3 is 17.5 Å². The summed E-state index contributed by atoms with van der Waals surface area (Å²) in [5.74, 6) is -2.40. The van der Waals surface area contributed by atoms with Gasteiger partial charge in [0.2, 0.25) is 5.91 Å². The van der Waals surface area contributed by atoms with Gasteiger partial charge in [-0.3, -0.25) is 33.6 Å². The van der Waals surface area contributed by atoms with E-state index in [2.05, 4.69) is 15.6 Å². The number of aliphatic imine (C=N–C) groups is 1. The van der Waals surface area contributed by atoms with Gasteiger partial charge in [-0.05, 0) is 0 Å². The van der Waals surface area contributed by atoms with E-state index in [0.717, 1.165) is 27.0 Å². The summed E-state index contributed by atoms with van der Waals surface area (Å²) in [6.07, 6.45) is 0. The number of thioether (sulfide) groups is 1. The second-order valence-corrected chi connectivity index (χ2v) is 5.25.